The van der Waals surface area contributed by atoms with Crippen molar-refractivity contribution in [3.63, 3.8) is 0 Å². The Morgan fingerprint density at radius 3 is 2.49 bits per heavy atom. The molecule has 0 fully saturated rings. The molecular formula is C26H31F2N7. The Labute approximate surface area is 204 Å². The van der Waals surface area contributed by atoms with Crippen LogP contribution in [0.1, 0.15) is 80.7 Å². The molecule has 0 aliphatic carbocycles. The zero-order chi connectivity index (χ0) is 24.8. The maximum absolute atomic E-state index is 14.7. The van der Waals surface area contributed by atoms with E-state index in [1.54, 1.807) is 4.68 Å². The van der Waals surface area contributed by atoms with Gasteiger partial charge < -0.3 is 0 Å². The molecule has 1 unspecified atom stereocenters. The second-order valence-corrected chi connectivity index (χ2v) is 9.01. The molecule has 9 heteroatoms. The highest BCUT2D eigenvalue weighted by molar-refractivity contribution is 5.55. The van der Waals surface area contributed by atoms with Crippen molar-refractivity contribution in [3.8, 4) is 11.4 Å². The van der Waals surface area contributed by atoms with Gasteiger partial charge in [-0.3, -0.25) is 0 Å². The molecule has 2 aromatic heterocycles. The first-order valence-electron chi connectivity index (χ1n) is 12.1. The van der Waals surface area contributed by atoms with Crippen molar-refractivity contribution in [1.29, 1.82) is 0 Å². The van der Waals surface area contributed by atoms with Gasteiger partial charge in [0.1, 0.15) is 5.82 Å². The number of aromatic amines is 1. The second kappa shape index (κ2) is 10.8. The van der Waals surface area contributed by atoms with E-state index in [9.17, 15) is 8.78 Å². The van der Waals surface area contributed by atoms with Crippen LogP contribution < -0.4 is 0 Å². The standard InChI is InChI=1S/C26H31F2N7/c1-4-6-14-26(27,28)25-29-24(18(3)5-2)35(32-25)17-20-12-10-19(11-13-20)15-21-8-7-9-22(16-21)23-30-33-34-31-23/h7-13,16,18H,4-6,14-15,17H2,1-3H3,(H,30,31,33,34). The number of H-pyrrole nitrogens is 1. The van der Waals surface area contributed by atoms with E-state index in [0.717, 1.165) is 35.1 Å². The quantitative estimate of drug-likeness (QED) is 0.290. The van der Waals surface area contributed by atoms with E-state index in [-0.39, 0.29) is 18.2 Å². The summed E-state index contributed by atoms with van der Waals surface area (Å²) >= 11 is 0. The van der Waals surface area contributed by atoms with Crippen molar-refractivity contribution in [2.75, 3.05) is 0 Å². The van der Waals surface area contributed by atoms with Gasteiger partial charge in [0.25, 0.3) is 0 Å². The number of hydrogen-bond acceptors (Lipinski definition) is 5. The van der Waals surface area contributed by atoms with Gasteiger partial charge in [-0.25, -0.2) is 14.8 Å². The first-order valence-corrected chi connectivity index (χ1v) is 12.1. The van der Waals surface area contributed by atoms with Crippen LogP contribution in [0.3, 0.4) is 0 Å². The fourth-order valence-electron chi connectivity index (χ4n) is 3.96. The molecule has 0 spiro atoms. The minimum atomic E-state index is -3.01. The lowest BCUT2D eigenvalue weighted by Crippen LogP contribution is -2.16. The zero-order valence-electron chi connectivity index (χ0n) is 20.4. The molecular weight excluding hydrogens is 448 g/mol. The van der Waals surface area contributed by atoms with Crippen LogP contribution in [0.5, 0.6) is 0 Å². The number of rotatable bonds is 11. The predicted molar refractivity (Wildman–Crippen MR) is 130 cm³/mol. The van der Waals surface area contributed by atoms with Gasteiger partial charge in [0.05, 0.1) is 6.54 Å². The summed E-state index contributed by atoms with van der Waals surface area (Å²) in [6.07, 6.45) is 2.49. The lowest BCUT2D eigenvalue weighted by molar-refractivity contribution is -0.0245. The number of aromatic nitrogens is 7. The van der Waals surface area contributed by atoms with Gasteiger partial charge >= 0.3 is 5.92 Å². The highest BCUT2D eigenvalue weighted by Crippen LogP contribution is 2.32. The minimum Gasteiger partial charge on any atom is -0.245 e. The lowest BCUT2D eigenvalue weighted by Gasteiger charge is -2.11. The van der Waals surface area contributed by atoms with Gasteiger partial charge in [-0.1, -0.05) is 69.7 Å². The second-order valence-electron chi connectivity index (χ2n) is 9.01. The summed E-state index contributed by atoms with van der Waals surface area (Å²) < 4.78 is 31.0. The Morgan fingerprint density at radius 2 is 1.80 bits per heavy atom. The van der Waals surface area contributed by atoms with Crippen molar-refractivity contribution >= 4 is 0 Å². The van der Waals surface area contributed by atoms with Crippen LogP contribution >= 0.6 is 0 Å². The molecule has 7 nitrogen and oxygen atoms in total. The van der Waals surface area contributed by atoms with E-state index in [1.807, 2.05) is 45.0 Å². The third-order valence-electron chi connectivity index (χ3n) is 6.23. The molecule has 0 amide bonds. The van der Waals surface area contributed by atoms with Crippen LogP contribution in [0.15, 0.2) is 48.5 Å². The van der Waals surface area contributed by atoms with Crippen molar-refractivity contribution in [2.24, 2.45) is 0 Å². The van der Waals surface area contributed by atoms with Crippen LogP contribution in [0.2, 0.25) is 0 Å². The van der Waals surface area contributed by atoms with Gasteiger partial charge in [-0.2, -0.15) is 8.78 Å². The van der Waals surface area contributed by atoms with E-state index in [4.69, 9.17) is 0 Å². The molecule has 0 aliphatic heterocycles. The summed E-state index contributed by atoms with van der Waals surface area (Å²) in [5, 5.41) is 18.3. The summed E-state index contributed by atoms with van der Waals surface area (Å²) in [5.74, 6) is -2.08. The molecule has 1 atom stereocenters. The van der Waals surface area contributed by atoms with Crippen LogP contribution in [0.25, 0.3) is 11.4 Å². The van der Waals surface area contributed by atoms with E-state index < -0.39 is 5.92 Å². The first kappa shape index (κ1) is 24.6. The monoisotopic (exact) mass is 479 g/mol. The Kier molecular flexibility index (Phi) is 7.63. The minimum absolute atomic E-state index is 0.0457. The van der Waals surface area contributed by atoms with Gasteiger partial charge in [0.15, 0.2) is 5.82 Å². The molecule has 2 heterocycles. The number of tetrazole rings is 1. The van der Waals surface area contributed by atoms with Crippen LogP contribution in [0.4, 0.5) is 8.78 Å². The topological polar surface area (TPSA) is 85.2 Å². The number of unbranched alkanes of at least 4 members (excludes halogenated alkanes) is 1. The summed E-state index contributed by atoms with van der Waals surface area (Å²) in [7, 11) is 0. The summed E-state index contributed by atoms with van der Waals surface area (Å²) in [6.45, 7) is 6.34. The highest BCUT2D eigenvalue weighted by Gasteiger charge is 2.37. The molecule has 4 rings (SSSR count). The number of nitrogens with one attached hydrogen (secondary N) is 1. The number of alkyl halides is 2. The van der Waals surface area contributed by atoms with Gasteiger partial charge in [-0.15, -0.1) is 10.2 Å². The van der Waals surface area contributed by atoms with Gasteiger partial charge in [0, 0.05) is 17.9 Å². The maximum atomic E-state index is 14.7. The smallest absolute Gasteiger partial charge is 0.245 e. The van der Waals surface area contributed by atoms with E-state index in [2.05, 4.69) is 55.0 Å². The zero-order valence-corrected chi connectivity index (χ0v) is 20.4. The Bertz CT molecular complexity index is 1220. The summed E-state index contributed by atoms with van der Waals surface area (Å²) in [5.41, 5.74) is 4.21. The van der Waals surface area contributed by atoms with Gasteiger partial charge in [0.2, 0.25) is 5.82 Å². The average Bonchev–Trinajstić information content (AvgIpc) is 3.55. The van der Waals surface area contributed by atoms with Gasteiger partial charge in [-0.05, 0) is 52.4 Å². The molecule has 0 aliphatic rings. The fraction of sp³-hybridized carbons (Fsp3) is 0.423. The molecule has 1 N–H and O–H groups in total. The molecule has 0 saturated carbocycles. The highest BCUT2D eigenvalue weighted by atomic mass is 19.3. The van der Waals surface area contributed by atoms with Crippen LogP contribution in [0, 0.1) is 0 Å². The maximum Gasteiger partial charge on any atom is 0.308 e. The number of benzene rings is 2. The third-order valence-corrected chi connectivity index (χ3v) is 6.23. The number of halogens is 2. The third kappa shape index (κ3) is 5.96. The fourth-order valence-corrected chi connectivity index (χ4v) is 3.96. The molecule has 0 bridgehead atoms. The Balaban J connectivity index is 1.50. The van der Waals surface area contributed by atoms with E-state index in [0.29, 0.717) is 31.0 Å². The van der Waals surface area contributed by atoms with Crippen LogP contribution in [-0.2, 0) is 18.9 Å². The molecule has 184 valence electrons. The first-order chi connectivity index (χ1) is 16.9. The van der Waals surface area contributed by atoms with Crippen molar-refractivity contribution in [1.82, 2.24) is 35.4 Å². The van der Waals surface area contributed by atoms with E-state index >= 15 is 0 Å². The van der Waals surface area contributed by atoms with Crippen molar-refractivity contribution < 1.29 is 8.78 Å². The molecule has 2 aromatic carbocycles. The van der Waals surface area contributed by atoms with Crippen molar-refractivity contribution in [3.05, 3.63) is 76.9 Å². The van der Waals surface area contributed by atoms with E-state index in [1.165, 1.54) is 0 Å². The predicted octanol–water partition coefficient (Wildman–Crippen LogP) is 5.89. The molecule has 4 aromatic rings. The molecule has 0 saturated heterocycles. The molecule has 35 heavy (non-hydrogen) atoms. The summed E-state index contributed by atoms with van der Waals surface area (Å²) in [4.78, 5) is 4.29. The average molecular weight is 480 g/mol. The largest absolute Gasteiger partial charge is 0.308 e. The lowest BCUT2D eigenvalue weighted by atomic mass is 10.0. The normalized spacial score (nSPS) is 12.7. The van der Waals surface area contributed by atoms with Crippen molar-refractivity contribution in [2.45, 2.75) is 71.3 Å². The summed E-state index contributed by atoms with van der Waals surface area (Å²) in [6, 6.07) is 16.2. The van der Waals surface area contributed by atoms with Crippen LogP contribution in [-0.4, -0.2) is 35.4 Å². The number of nitrogens with zero attached hydrogens (tertiary/aromatic N) is 6. The number of hydrogen-bond donors (Lipinski definition) is 1. The molecule has 0 radical (unpaired) electrons. The Morgan fingerprint density at radius 1 is 1.03 bits per heavy atom. The SMILES string of the molecule is CCCCC(F)(F)c1nc(C(C)CC)n(Cc2ccc(Cc3cccc(-c4nnn[nH]4)c3)cc2)n1. The Hall–Kier alpha value is -3.49.